The maximum atomic E-state index is 12.7. The molecule has 1 saturated heterocycles. The third-order valence-corrected chi connectivity index (χ3v) is 4.42. The van der Waals surface area contributed by atoms with Gasteiger partial charge >= 0.3 is 23.9 Å². The first kappa shape index (κ1) is 25.6. The normalized spacial score (nSPS) is 24.2. The van der Waals surface area contributed by atoms with Crippen molar-refractivity contribution in [3.63, 3.8) is 0 Å². The summed E-state index contributed by atoms with van der Waals surface area (Å²) in [4.78, 5) is 59.4. The Morgan fingerprint density at radius 1 is 0.909 bits per heavy atom. The third-order valence-electron chi connectivity index (χ3n) is 4.42. The molecule has 1 aromatic carbocycles. The zero-order valence-electron chi connectivity index (χ0n) is 18.4. The first-order valence-corrected chi connectivity index (χ1v) is 9.89. The van der Waals surface area contributed by atoms with Crippen molar-refractivity contribution in [1.82, 2.24) is 5.32 Å². The number of benzene rings is 1. The van der Waals surface area contributed by atoms with E-state index >= 15 is 0 Å². The highest BCUT2D eigenvalue weighted by atomic mass is 16.7. The maximum Gasteiger partial charge on any atom is 0.344 e. The van der Waals surface area contributed by atoms with Crippen molar-refractivity contribution >= 4 is 29.8 Å². The van der Waals surface area contributed by atoms with Crippen LogP contribution in [0.5, 0.6) is 5.75 Å². The van der Waals surface area contributed by atoms with Gasteiger partial charge < -0.3 is 34.1 Å². The van der Waals surface area contributed by atoms with Crippen LogP contribution in [-0.4, -0.2) is 72.1 Å². The standard InChI is InChI=1S/C21H25NO11/c1-10(23)22-17-19(31-13(4)26)18(30-12(3)25)16(9-29-11(2)24)32-21(17)33-20(28)14-7-5-6-8-15(14)27/h5-8,16-19,21,27H,9H2,1-4H3,(H,22,23)/t16-,17-,18+,19+,21+/m0/s1. The number of amides is 1. The zero-order chi connectivity index (χ0) is 24.7. The van der Waals surface area contributed by atoms with Crippen molar-refractivity contribution in [2.75, 3.05) is 6.61 Å². The average Bonchev–Trinajstić information content (AvgIpc) is 2.70. The van der Waals surface area contributed by atoms with E-state index in [0.717, 1.165) is 20.8 Å². The molecule has 1 heterocycles. The molecule has 1 amide bonds. The Balaban J connectivity index is 2.45. The Kier molecular flexibility index (Phi) is 8.74. The second-order valence-electron chi connectivity index (χ2n) is 7.14. The quantitative estimate of drug-likeness (QED) is 0.416. The van der Waals surface area contributed by atoms with E-state index in [1.54, 1.807) is 0 Å². The van der Waals surface area contributed by atoms with Gasteiger partial charge in [-0.3, -0.25) is 19.2 Å². The number of esters is 4. The summed E-state index contributed by atoms with van der Waals surface area (Å²) in [6, 6.07) is 4.25. The number of nitrogens with one attached hydrogen (secondary N) is 1. The summed E-state index contributed by atoms with van der Waals surface area (Å²) in [5, 5.41) is 12.4. The number of para-hydroxylation sites is 1. The van der Waals surface area contributed by atoms with Gasteiger partial charge in [0.2, 0.25) is 12.2 Å². The number of hydrogen-bond donors (Lipinski definition) is 2. The molecule has 1 aromatic rings. The van der Waals surface area contributed by atoms with Crippen molar-refractivity contribution < 1.29 is 52.8 Å². The minimum absolute atomic E-state index is 0.189. The Hall–Kier alpha value is -3.67. The first-order valence-electron chi connectivity index (χ1n) is 9.89. The van der Waals surface area contributed by atoms with Gasteiger partial charge in [-0.2, -0.15) is 0 Å². The fourth-order valence-corrected chi connectivity index (χ4v) is 3.21. The van der Waals surface area contributed by atoms with Crippen LogP contribution < -0.4 is 5.32 Å². The molecule has 0 spiro atoms. The van der Waals surface area contributed by atoms with Crippen molar-refractivity contribution in [3.05, 3.63) is 29.8 Å². The van der Waals surface area contributed by atoms with Gasteiger partial charge in [-0.15, -0.1) is 0 Å². The lowest BCUT2D eigenvalue weighted by atomic mass is 9.96. The van der Waals surface area contributed by atoms with Gasteiger partial charge in [0, 0.05) is 27.7 Å². The minimum Gasteiger partial charge on any atom is -0.507 e. The number of carbonyl (C=O) groups excluding carboxylic acids is 5. The lowest BCUT2D eigenvalue weighted by Crippen LogP contribution is -2.66. The molecule has 0 unspecified atom stereocenters. The van der Waals surface area contributed by atoms with Crippen LogP contribution in [0.1, 0.15) is 38.1 Å². The molecule has 0 saturated carbocycles. The molecule has 12 nitrogen and oxygen atoms in total. The second kappa shape index (κ2) is 11.3. The first-order chi connectivity index (χ1) is 15.5. The van der Waals surface area contributed by atoms with Crippen molar-refractivity contribution in [2.24, 2.45) is 0 Å². The molecule has 12 heteroatoms. The van der Waals surface area contributed by atoms with Crippen LogP contribution >= 0.6 is 0 Å². The van der Waals surface area contributed by atoms with E-state index in [-0.39, 0.29) is 11.3 Å². The van der Waals surface area contributed by atoms with E-state index in [9.17, 15) is 29.1 Å². The summed E-state index contributed by atoms with van der Waals surface area (Å²) in [7, 11) is 0. The summed E-state index contributed by atoms with van der Waals surface area (Å²) in [5.74, 6) is -4.18. The van der Waals surface area contributed by atoms with Gasteiger partial charge in [0.15, 0.2) is 12.2 Å². The number of ether oxygens (including phenoxy) is 5. The van der Waals surface area contributed by atoms with Gasteiger partial charge in [-0.25, -0.2) is 4.79 Å². The molecule has 33 heavy (non-hydrogen) atoms. The monoisotopic (exact) mass is 467 g/mol. The predicted molar refractivity (Wildman–Crippen MR) is 108 cm³/mol. The average molecular weight is 467 g/mol. The summed E-state index contributed by atoms with van der Waals surface area (Å²) < 4.78 is 26.6. The van der Waals surface area contributed by atoms with E-state index in [1.165, 1.54) is 31.2 Å². The molecule has 0 radical (unpaired) electrons. The van der Waals surface area contributed by atoms with Gasteiger partial charge in [0.25, 0.3) is 0 Å². The number of phenolic OH excluding ortho intramolecular Hbond substituents is 1. The third kappa shape index (κ3) is 7.17. The largest absolute Gasteiger partial charge is 0.507 e. The molecular formula is C21H25NO11. The van der Waals surface area contributed by atoms with Crippen molar-refractivity contribution in [1.29, 1.82) is 0 Å². The molecule has 1 aliphatic heterocycles. The Bertz CT molecular complexity index is 915. The van der Waals surface area contributed by atoms with Gasteiger partial charge in [-0.05, 0) is 12.1 Å². The molecule has 0 aliphatic carbocycles. The summed E-state index contributed by atoms with van der Waals surface area (Å²) in [5.41, 5.74) is -0.189. The number of phenols is 1. The van der Waals surface area contributed by atoms with Crippen LogP contribution in [0.3, 0.4) is 0 Å². The topological polar surface area (TPSA) is 164 Å². The van der Waals surface area contributed by atoms with Gasteiger partial charge in [0.1, 0.15) is 30.1 Å². The zero-order valence-corrected chi connectivity index (χ0v) is 18.4. The minimum atomic E-state index is -1.57. The molecule has 2 N–H and O–H groups in total. The van der Waals surface area contributed by atoms with Crippen LogP contribution in [0.25, 0.3) is 0 Å². The SMILES string of the molecule is CC(=O)N[C@@H]1[C@@H](OC(=O)c2ccccc2O)O[C@@H](COC(C)=O)[C@@H](OC(C)=O)[C@@H]1OC(C)=O. The maximum absolute atomic E-state index is 12.7. The highest BCUT2D eigenvalue weighted by Crippen LogP contribution is 2.29. The Morgan fingerprint density at radius 3 is 2.06 bits per heavy atom. The molecule has 0 aromatic heterocycles. The molecule has 2 rings (SSSR count). The van der Waals surface area contributed by atoms with E-state index in [4.69, 9.17) is 23.7 Å². The molecule has 1 fully saturated rings. The van der Waals surface area contributed by atoms with E-state index in [0.29, 0.717) is 0 Å². The van der Waals surface area contributed by atoms with E-state index in [2.05, 4.69) is 5.32 Å². The highest BCUT2D eigenvalue weighted by molar-refractivity contribution is 5.92. The summed E-state index contributed by atoms with van der Waals surface area (Å²) >= 11 is 0. The van der Waals surface area contributed by atoms with E-state index in [1.807, 2.05) is 0 Å². The van der Waals surface area contributed by atoms with Crippen LogP contribution in [0.2, 0.25) is 0 Å². The number of rotatable bonds is 7. The van der Waals surface area contributed by atoms with Crippen molar-refractivity contribution in [2.45, 2.75) is 58.3 Å². The van der Waals surface area contributed by atoms with Crippen molar-refractivity contribution in [3.8, 4) is 5.75 Å². The van der Waals surface area contributed by atoms with Gasteiger partial charge in [0.05, 0.1) is 0 Å². The highest BCUT2D eigenvalue weighted by Gasteiger charge is 2.52. The molecule has 5 atom stereocenters. The predicted octanol–water partition coefficient (Wildman–Crippen LogP) is 0.205. The Labute approximate surface area is 189 Å². The number of hydrogen-bond acceptors (Lipinski definition) is 11. The lowest BCUT2D eigenvalue weighted by molar-refractivity contribution is -0.263. The van der Waals surface area contributed by atoms with E-state index < -0.39 is 67.0 Å². The Morgan fingerprint density at radius 2 is 1.52 bits per heavy atom. The second-order valence-corrected chi connectivity index (χ2v) is 7.14. The van der Waals surface area contributed by atoms with Crippen LogP contribution in [0, 0.1) is 0 Å². The number of carbonyl (C=O) groups is 5. The smallest absolute Gasteiger partial charge is 0.344 e. The fraction of sp³-hybridized carbons (Fsp3) is 0.476. The molecule has 180 valence electrons. The molecular weight excluding hydrogens is 442 g/mol. The van der Waals surface area contributed by atoms with Crippen LogP contribution in [-0.2, 0) is 42.9 Å². The fourth-order valence-electron chi connectivity index (χ4n) is 3.21. The summed E-state index contributed by atoms with van der Waals surface area (Å²) in [6.45, 7) is 4.06. The molecule has 1 aliphatic rings. The van der Waals surface area contributed by atoms with Crippen LogP contribution in [0.15, 0.2) is 24.3 Å². The number of aromatic hydroxyl groups is 1. The lowest BCUT2D eigenvalue weighted by Gasteiger charge is -2.44. The summed E-state index contributed by atoms with van der Waals surface area (Å²) in [6.07, 6.45) is -5.48. The molecule has 0 bridgehead atoms. The van der Waals surface area contributed by atoms with Crippen LogP contribution in [0.4, 0.5) is 0 Å². The van der Waals surface area contributed by atoms with Gasteiger partial charge in [-0.1, -0.05) is 12.1 Å².